The largest absolute Gasteiger partial charge is 0.368 e. The van der Waals surface area contributed by atoms with Crippen LogP contribution in [-0.2, 0) is 13.0 Å². The van der Waals surface area contributed by atoms with Crippen LogP contribution in [0, 0.1) is 0 Å². The van der Waals surface area contributed by atoms with Crippen molar-refractivity contribution >= 4 is 17.5 Å². The second kappa shape index (κ2) is 4.58. The average Bonchev–Trinajstić information content (AvgIpc) is 2.40. The van der Waals surface area contributed by atoms with E-state index in [1.165, 1.54) is 0 Å². The Morgan fingerprint density at radius 3 is 3.11 bits per heavy atom. The van der Waals surface area contributed by atoms with Gasteiger partial charge in [-0.25, -0.2) is 4.98 Å². The summed E-state index contributed by atoms with van der Waals surface area (Å²) in [7, 11) is 0. The first kappa shape index (κ1) is 10.9. The van der Waals surface area contributed by atoms with Crippen molar-refractivity contribution in [3.8, 4) is 0 Å². The Morgan fingerprint density at radius 2 is 2.28 bits per heavy atom. The lowest BCUT2D eigenvalue weighted by Gasteiger charge is -2.19. The van der Waals surface area contributed by atoms with Gasteiger partial charge < -0.3 is 16.4 Å². The van der Waals surface area contributed by atoms with Gasteiger partial charge in [-0.3, -0.25) is 4.98 Å². The van der Waals surface area contributed by atoms with E-state index in [4.69, 9.17) is 5.73 Å². The summed E-state index contributed by atoms with van der Waals surface area (Å²) >= 11 is 0. The molecule has 4 N–H and O–H groups in total. The quantitative estimate of drug-likeness (QED) is 0.723. The van der Waals surface area contributed by atoms with Crippen LogP contribution in [0.2, 0.25) is 0 Å². The van der Waals surface area contributed by atoms with Gasteiger partial charge in [-0.05, 0) is 12.1 Å². The second-order valence-corrected chi connectivity index (χ2v) is 4.15. The summed E-state index contributed by atoms with van der Waals surface area (Å²) in [4.78, 5) is 12.6. The van der Waals surface area contributed by atoms with E-state index in [9.17, 15) is 0 Å². The fraction of sp³-hybridized carbons (Fsp3) is 0.250. The van der Waals surface area contributed by atoms with Crippen LogP contribution in [0.5, 0.6) is 0 Å². The summed E-state index contributed by atoms with van der Waals surface area (Å²) in [5.41, 5.74) is 8.73. The highest BCUT2D eigenvalue weighted by molar-refractivity contribution is 5.60. The normalized spacial score (nSPS) is 14.0. The Balaban J connectivity index is 1.98. The van der Waals surface area contributed by atoms with Crippen molar-refractivity contribution in [1.82, 2.24) is 20.3 Å². The van der Waals surface area contributed by atoms with Crippen LogP contribution in [0.1, 0.15) is 11.3 Å². The fourth-order valence-corrected chi connectivity index (χ4v) is 2.04. The zero-order valence-corrected chi connectivity index (χ0v) is 9.85. The molecule has 3 heterocycles. The zero-order valence-electron chi connectivity index (χ0n) is 9.85. The van der Waals surface area contributed by atoms with Gasteiger partial charge in [-0.2, -0.15) is 4.98 Å². The van der Waals surface area contributed by atoms with Gasteiger partial charge in [0, 0.05) is 31.3 Å². The molecule has 0 radical (unpaired) electrons. The van der Waals surface area contributed by atoms with Crippen molar-refractivity contribution in [3.05, 3.63) is 35.8 Å². The predicted molar refractivity (Wildman–Crippen MR) is 69.4 cm³/mol. The van der Waals surface area contributed by atoms with E-state index in [0.717, 1.165) is 42.3 Å². The smallest absolute Gasteiger partial charge is 0.222 e. The number of anilines is 3. The molecule has 0 atom stereocenters. The maximum atomic E-state index is 5.74. The van der Waals surface area contributed by atoms with E-state index < -0.39 is 0 Å². The van der Waals surface area contributed by atoms with Crippen LogP contribution in [-0.4, -0.2) is 21.5 Å². The molecule has 92 valence electrons. The first-order chi connectivity index (χ1) is 8.83. The Hall–Kier alpha value is -2.21. The lowest BCUT2D eigenvalue weighted by Crippen LogP contribution is -2.26. The van der Waals surface area contributed by atoms with Gasteiger partial charge in [0.2, 0.25) is 5.95 Å². The van der Waals surface area contributed by atoms with Crippen LogP contribution in [0.4, 0.5) is 17.5 Å². The molecule has 0 amide bonds. The Labute approximate surface area is 105 Å². The molecule has 0 aromatic carbocycles. The maximum Gasteiger partial charge on any atom is 0.222 e. The van der Waals surface area contributed by atoms with Crippen molar-refractivity contribution in [2.75, 3.05) is 17.6 Å². The highest BCUT2D eigenvalue weighted by atomic mass is 15.1. The first-order valence-electron chi connectivity index (χ1n) is 5.86. The Kier molecular flexibility index (Phi) is 2.77. The van der Waals surface area contributed by atoms with E-state index in [-0.39, 0.29) is 0 Å². The second-order valence-electron chi connectivity index (χ2n) is 4.15. The topological polar surface area (TPSA) is 88.8 Å². The van der Waals surface area contributed by atoms with E-state index in [1.54, 1.807) is 12.4 Å². The summed E-state index contributed by atoms with van der Waals surface area (Å²) in [6.45, 7) is 1.69. The van der Waals surface area contributed by atoms with Gasteiger partial charge in [-0.1, -0.05) is 0 Å². The number of rotatable bonds is 2. The highest BCUT2D eigenvalue weighted by Gasteiger charge is 2.16. The summed E-state index contributed by atoms with van der Waals surface area (Å²) in [6, 6.07) is 3.81. The molecule has 2 aromatic heterocycles. The molecule has 0 fully saturated rings. The Bertz CT molecular complexity index is 554. The molecular weight excluding hydrogens is 228 g/mol. The highest BCUT2D eigenvalue weighted by Crippen LogP contribution is 2.23. The van der Waals surface area contributed by atoms with Gasteiger partial charge in [0.15, 0.2) is 0 Å². The number of hydrogen-bond acceptors (Lipinski definition) is 6. The number of pyridine rings is 1. The summed E-state index contributed by atoms with van der Waals surface area (Å²) in [6.07, 6.45) is 4.36. The molecule has 2 aromatic rings. The van der Waals surface area contributed by atoms with E-state index >= 15 is 0 Å². The molecule has 18 heavy (non-hydrogen) atoms. The SMILES string of the molecule is Nc1nc2c(c(Nc3cccnc3)n1)CNCC2. The van der Waals surface area contributed by atoms with Crippen molar-refractivity contribution in [1.29, 1.82) is 0 Å². The number of nitrogens with two attached hydrogens (primary N) is 1. The van der Waals surface area contributed by atoms with Crippen LogP contribution >= 0.6 is 0 Å². The monoisotopic (exact) mass is 242 g/mol. The minimum atomic E-state index is 0.307. The Morgan fingerprint density at radius 1 is 1.33 bits per heavy atom. The number of nitrogens with zero attached hydrogens (tertiary/aromatic N) is 3. The maximum absolute atomic E-state index is 5.74. The molecule has 0 aliphatic carbocycles. The van der Waals surface area contributed by atoms with Gasteiger partial charge in [0.1, 0.15) is 5.82 Å². The van der Waals surface area contributed by atoms with Gasteiger partial charge in [-0.15, -0.1) is 0 Å². The van der Waals surface area contributed by atoms with Crippen molar-refractivity contribution in [2.24, 2.45) is 0 Å². The lowest BCUT2D eigenvalue weighted by molar-refractivity contribution is 0.629. The van der Waals surface area contributed by atoms with Crippen LogP contribution in [0.15, 0.2) is 24.5 Å². The number of nitrogen functional groups attached to an aromatic ring is 1. The molecular formula is C12H14N6. The van der Waals surface area contributed by atoms with Gasteiger partial charge in [0.05, 0.1) is 17.6 Å². The standard InChI is InChI=1S/C12H14N6/c13-12-17-10-3-5-15-7-9(10)11(18-12)16-8-2-1-4-14-6-8/h1-2,4,6,15H,3,5,7H2,(H3,13,16,17,18). The summed E-state index contributed by atoms with van der Waals surface area (Å²) in [5.74, 6) is 1.07. The number of hydrogen-bond donors (Lipinski definition) is 3. The third-order valence-corrected chi connectivity index (χ3v) is 2.87. The van der Waals surface area contributed by atoms with Crippen molar-refractivity contribution < 1.29 is 0 Å². The third-order valence-electron chi connectivity index (χ3n) is 2.87. The molecule has 0 saturated carbocycles. The molecule has 0 bridgehead atoms. The molecule has 6 nitrogen and oxygen atoms in total. The van der Waals surface area contributed by atoms with E-state index in [2.05, 4.69) is 25.6 Å². The van der Waals surface area contributed by atoms with E-state index in [0.29, 0.717) is 5.95 Å². The number of fused-ring (bicyclic) bond motifs is 1. The van der Waals surface area contributed by atoms with E-state index in [1.807, 2.05) is 12.1 Å². The van der Waals surface area contributed by atoms with Gasteiger partial charge in [0.25, 0.3) is 0 Å². The molecule has 1 aliphatic heterocycles. The zero-order chi connectivity index (χ0) is 12.4. The van der Waals surface area contributed by atoms with Crippen molar-refractivity contribution in [3.63, 3.8) is 0 Å². The predicted octanol–water partition coefficient (Wildman–Crippen LogP) is 0.843. The minimum Gasteiger partial charge on any atom is -0.368 e. The van der Waals surface area contributed by atoms with Crippen LogP contribution < -0.4 is 16.4 Å². The number of nitrogens with one attached hydrogen (secondary N) is 2. The molecule has 0 saturated heterocycles. The molecule has 0 spiro atoms. The third kappa shape index (κ3) is 2.10. The summed E-state index contributed by atoms with van der Waals surface area (Å²) in [5, 5.41) is 6.55. The first-order valence-corrected chi connectivity index (χ1v) is 5.86. The lowest BCUT2D eigenvalue weighted by atomic mass is 10.1. The molecule has 0 unspecified atom stereocenters. The molecule has 1 aliphatic rings. The average molecular weight is 242 g/mol. The van der Waals surface area contributed by atoms with Gasteiger partial charge >= 0.3 is 0 Å². The fourth-order valence-electron chi connectivity index (χ4n) is 2.04. The minimum absolute atomic E-state index is 0.307. The van der Waals surface area contributed by atoms with Crippen molar-refractivity contribution in [2.45, 2.75) is 13.0 Å². The summed E-state index contributed by atoms with van der Waals surface area (Å²) < 4.78 is 0. The molecule has 6 heteroatoms. The number of aromatic nitrogens is 3. The molecule has 3 rings (SSSR count). The van der Waals surface area contributed by atoms with Crippen LogP contribution in [0.3, 0.4) is 0 Å². The van der Waals surface area contributed by atoms with Crippen LogP contribution in [0.25, 0.3) is 0 Å².